The van der Waals surface area contributed by atoms with Crippen LogP contribution >= 0.6 is 0 Å². The van der Waals surface area contributed by atoms with E-state index >= 15 is 0 Å². The summed E-state index contributed by atoms with van der Waals surface area (Å²) in [6.07, 6.45) is 2.82. The van der Waals surface area contributed by atoms with E-state index in [4.69, 9.17) is 4.74 Å². The lowest BCUT2D eigenvalue weighted by atomic mass is 10.2. The molecule has 0 saturated heterocycles. The summed E-state index contributed by atoms with van der Waals surface area (Å²) in [5, 5.41) is 21.3. The Morgan fingerprint density at radius 2 is 1.61 bits per heavy atom. The SMILES string of the molecule is CCCCCOc1cc([N+](=O)[O-])cc([N+](=O)[O-])c1. The molecule has 18 heavy (non-hydrogen) atoms. The van der Waals surface area contributed by atoms with E-state index in [2.05, 4.69) is 0 Å². The van der Waals surface area contributed by atoms with E-state index in [-0.39, 0.29) is 17.1 Å². The van der Waals surface area contributed by atoms with Gasteiger partial charge in [0.1, 0.15) is 5.75 Å². The third-order valence-electron chi connectivity index (χ3n) is 2.31. The molecule has 0 atom stereocenters. The molecule has 0 saturated carbocycles. The largest absolute Gasteiger partial charge is 0.493 e. The van der Waals surface area contributed by atoms with Crippen molar-refractivity contribution in [3.05, 3.63) is 38.4 Å². The van der Waals surface area contributed by atoms with E-state index in [1.165, 1.54) is 12.1 Å². The van der Waals surface area contributed by atoms with Crippen LogP contribution < -0.4 is 4.74 Å². The molecule has 0 aliphatic carbocycles. The number of hydrogen-bond donors (Lipinski definition) is 0. The van der Waals surface area contributed by atoms with Crippen LogP contribution in [0.2, 0.25) is 0 Å². The maximum Gasteiger partial charge on any atom is 0.280 e. The number of hydrogen-bond acceptors (Lipinski definition) is 5. The first-order valence-electron chi connectivity index (χ1n) is 5.61. The number of nitrogens with zero attached hydrogens (tertiary/aromatic N) is 2. The van der Waals surface area contributed by atoms with Gasteiger partial charge in [0.15, 0.2) is 0 Å². The zero-order valence-electron chi connectivity index (χ0n) is 10.00. The zero-order valence-corrected chi connectivity index (χ0v) is 10.00. The number of non-ortho nitro benzene ring substituents is 2. The fourth-order valence-electron chi connectivity index (χ4n) is 1.40. The normalized spacial score (nSPS) is 10.1. The zero-order chi connectivity index (χ0) is 13.5. The molecule has 0 aliphatic heterocycles. The number of rotatable bonds is 7. The molecule has 1 aromatic carbocycles. The number of benzene rings is 1. The fourth-order valence-corrected chi connectivity index (χ4v) is 1.40. The third kappa shape index (κ3) is 4.00. The molecule has 0 spiro atoms. The molecule has 0 bridgehead atoms. The van der Waals surface area contributed by atoms with Crippen molar-refractivity contribution in [1.82, 2.24) is 0 Å². The Bertz CT molecular complexity index is 415. The van der Waals surface area contributed by atoms with Crippen molar-refractivity contribution >= 4 is 11.4 Å². The van der Waals surface area contributed by atoms with Crippen LogP contribution in [0.5, 0.6) is 5.75 Å². The van der Waals surface area contributed by atoms with E-state index in [1.807, 2.05) is 6.92 Å². The molecular weight excluding hydrogens is 240 g/mol. The summed E-state index contributed by atoms with van der Waals surface area (Å²) in [6.45, 7) is 2.43. The lowest BCUT2D eigenvalue weighted by molar-refractivity contribution is -0.394. The first-order chi connectivity index (χ1) is 8.54. The minimum atomic E-state index is -0.675. The highest BCUT2D eigenvalue weighted by Gasteiger charge is 2.16. The molecule has 1 rings (SSSR count). The highest BCUT2D eigenvalue weighted by atomic mass is 16.6. The first kappa shape index (κ1) is 13.9. The average Bonchev–Trinajstić information content (AvgIpc) is 2.34. The first-order valence-corrected chi connectivity index (χ1v) is 5.61. The predicted molar refractivity (Wildman–Crippen MR) is 64.8 cm³/mol. The fraction of sp³-hybridized carbons (Fsp3) is 0.455. The lowest BCUT2D eigenvalue weighted by Crippen LogP contribution is -1.99. The summed E-state index contributed by atoms with van der Waals surface area (Å²) in [5.74, 6) is 0.159. The van der Waals surface area contributed by atoms with Crippen molar-refractivity contribution in [2.45, 2.75) is 26.2 Å². The molecule has 0 N–H and O–H groups in total. The van der Waals surface area contributed by atoms with Crippen molar-refractivity contribution in [2.24, 2.45) is 0 Å². The minimum absolute atomic E-state index is 0.159. The number of unbranched alkanes of at least 4 members (excludes halogenated alkanes) is 2. The van der Waals surface area contributed by atoms with Gasteiger partial charge in [0.05, 0.1) is 34.7 Å². The Labute approximate surface area is 104 Å². The second-order valence-electron chi connectivity index (χ2n) is 3.75. The summed E-state index contributed by atoms with van der Waals surface area (Å²) in [4.78, 5) is 19.9. The Balaban J connectivity index is 2.83. The van der Waals surface area contributed by atoms with Crippen LogP contribution in [0.1, 0.15) is 26.2 Å². The predicted octanol–water partition coefficient (Wildman–Crippen LogP) is 3.07. The van der Waals surface area contributed by atoms with Gasteiger partial charge >= 0.3 is 0 Å². The molecule has 7 nitrogen and oxygen atoms in total. The van der Waals surface area contributed by atoms with Gasteiger partial charge in [-0.15, -0.1) is 0 Å². The molecule has 0 unspecified atom stereocenters. The third-order valence-corrected chi connectivity index (χ3v) is 2.31. The summed E-state index contributed by atoms with van der Waals surface area (Å²) < 4.78 is 5.28. The molecule has 0 amide bonds. The minimum Gasteiger partial charge on any atom is -0.493 e. The highest BCUT2D eigenvalue weighted by molar-refractivity contribution is 5.49. The van der Waals surface area contributed by atoms with Crippen LogP contribution in [-0.2, 0) is 0 Å². The van der Waals surface area contributed by atoms with Crippen molar-refractivity contribution < 1.29 is 14.6 Å². The van der Waals surface area contributed by atoms with Crippen LogP contribution in [0.25, 0.3) is 0 Å². The summed E-state index contributed by atoms with van der Waals surface area (Å²) in [5.41, 5.74) is -0.676. The molecule has 7 heteroatoms. The molecule has 0 radical (unpaired) electrons. The monoisotopic (exact) mass is 254 g/mol. The van der Waals surface area contributed by atoms with Crippen LogP contribution in [0.3, 0.4) is 0 Å². The maximum absolute atomic E-state index is 10.6. The molecule has 0 aromatic heterocycles. The Kier molecular flexibility index (Phi) is 5.04. The van der Waals surface area contributed by atoms with E-state index in [9.17, 15) is 20.2 Å². The van der Waals surface area contributed by atoms with E-state index in [0.29, 0.717) is 6.61 Å². The Hall–Kier alpha value is -2.18. The van der Waals surface area contributed by atoms with Crippen LogP contribution in [0, 0.1) is 20.2 Å². The molecular formula is C11H14N2O5. The van der Waals surface area contributed by atoms with Gasteiger partial charge in [-0.25, -0.2) is 0 Å². The second kappa shape index (κ2) is 6.53. The molecule has 0 heterocycles. The van der Waals surface area contributed by atoms with Gasteiger partial charge in [-0.1, -0.05) is 19.8 Å². The molecule has 0 aliphatic rings. The molecule has 0 fully saturated rings. The lowest BCUT2D eigenvalue weighted by Gasteiger charge is -2.05. The van der Waals surface area contributed by atoms with Gasteiger partial charge < -0.3 is 4.74 Å². The van der Waals surface area contributed by atoms with Gasteiger partial charge in [-0.3, -0.25) is 20.2 Å². The summed E-state index contributed by atoms with van der Waals surface area (Å²) in [7, 11) is 0. The average molecular weight is 254 g/mol. The Morgan fingerprint density at radius 3 is 2.06 bits per heavy atom. The number of nitro benzene ring substituents is 2. The van der Waals surface area contributed by atoms with Gasteiger partial charge in [-0.05, 0) is 6.42 Å². The van der Waals surface area contributed by atoms with Crippen molar-refractivity contribution in [1.29, 1.82) is 0 Å². The number of ether oxygens (including phenoxy) is 1. The van der Waals surface area contributed by atoms with E-state index in [0.717, 1.165) is 25.3 Å². The maximum atomic E-state index is 10.6. The highest BCUT2D eigenvalue weighted by Crippen LogP contribution is 2.27. The van der Waals surface area contributed by atoms with Crippen LogP contribution in [0.4, 0.5) is 11.4 Å². The van der Waals surface area contributed by atoms with Crippen molar-refractivity contribution in [3.8, 4) is 5.75 Å². The van der Waals surface area contributed by atoms with Crippen molar-refractivity contribution in [3.63, 3.8) is 0 Å². The van der Waals surface area contributed by atoms with Crippen LogP contribution in [0.15, 0.2) is 18.2 Å². The van der Waals surface area contributed by atoms with E-state index < -0.39 is 9.85 Å². The smallest absolute Gasteiger partial charge is 0.280 e. The van der Waals surface area contributed by atoms with Crippen LogP contribution in [-0.4, -0.2) is 16.5 Å². The molecule has 1 aromatic rings. The quantitative estimate of drug-likeness (QED) is 0.423. The molecule has 98 valence electrons. The van der Waals surface area contributed by atoms with Crippen molar-refractivity contribution in [2.75, 3.05) is 6.61 Å². The summed E-state index contributed by atoms with van der Waals surface area (Å²) >= 11 is 0. The second-order valence-corrected chi connectivity index (χ2v) is 3.75. The van der Waals surface area contributed by atoms with Gasteiger partial charge in [0.25, 0.3) is 11.4 Å². The standard InChI is InChI=1S/C11H14N2O5/c1-2-3-4-5-18-11-7-9(12(14)15)6-10(8-11)13(16)17/h6-8H,2-5H2,1H3. The van der Waals surface area contributed by atoms with E-state index in [1.54, 1.807) is 0 Å². The van der Waals surface area contributed by atoms with Gasteiger partial charge in [0, 0.05) is 0 Å². The van der Waals surface area contributed by atoms with Gasteiger partial charge in [-0.2, -0.15) is 0 Å². The topological polar surface area (TPSA) is 95.5 Å². The Morgan fingerprint density at radius 1 is 1.06 bits per heavy atom. The number of nitro groups is 2. The summed E-state index contributed by atoms with van der Waals surface area (Å²) in [6, 6.07) is 3.30. The van der Waals surface area contributed by atoms with Gasteiger partial charge in [0.2, 0.25) is 0 Å².